The number of hydrazone groups is 1. The monoisotopic (exact) mass is 338 g/mol. The van der Waals surface area contributed by atoms with Gasteiger partial charge in [-0.05, 0) is 42.8 Å². The lowest BCUT2D eigenvalue weighted by molar-refractivity contribution is 0.474. The molecule has 0 spiro atoms. The van der Waals surface area contributed by atoms with Crippen molar-refractivity contribution in [2.75, 3.05) is 0 Å². The second-order valence-electron chi connectivity index (χ2n) is 4.48. The third kappa shape index (κ3) is 3.78. The van der Waals surface area contributed by atoms with E-state index in [0.717, 1.165) is 0 Å². The van der Waals surface area contributed by atoms with Crippen molar-refractivity contribution in [3.8, 4) is 5.75 Å². The lowest BCUT2D eigenvalue weighted by Gasteiger charge is -2.08. The second kappa shape index (κ2) is 6.81. The van der Waals surface area contributed by atoms with E-state index in [-0.39, 0.29) is 10.6 Å². The molecule has 0 amide bonds. The quantitative estimate of drug-likeness (QED) is 0.649. The second-order valence-corrected chi connectivity index (χ2v) is 6.58. The van der Waals surface area contributed by atoms with Crippen LogP contribution < -0.4 is 4.83 Å². The number of rotatable bonds is 5. The third-order valence-corrected chi connectivity index (χ3v) is 4.45. The predicted molar refractivity (Wildman–Crippen MR) is 86.7 cm³/mol. The number of sulfonamides is 1. The summed E-state index contributed by atoms with van der Waals surface area (Å²) in [6.07, 6.45) is 0.459. The first-order valence-corrected chi connectivity index (χ1v) is 8.42. The van der Waals surface area contributed by atoms with Gasteiger partial charge in [-0.1, -0.05) is 30.7 Å². The number of hydrogen-bond acceptors (Lipinski definition) is 4. The normalized spacial score (nSPS) is 12.2. The van der Waals surface area contributed by atoms with E-state index in [1.807, 2.05) is 6.92 Å². The van der Waals surface area contributed by atoms with E-state index in [4.69, 9.17) is 11.6 Å². The molecule has 2 N–H and O–H groups in total. The average Bonchev–Trinajstić information content (AvgIpc) is 2.50. The number of para-hydroxylation sites is 1. The van der Waals surface area contributed by atoms with Gasteiger partial charge in [0.05, 0.1) is 10.6 Å². The molecule has 0 bridgehead atoms. The first kappa shape index (κ1) is 16.3. The zero-order valence-electron chi connectivity index (χ0n) is 11.8. The fourth-order valence-corrected chi connectivity index (χ4v) is 2.79. The van der Waals surface area contributed by atoms with Crippen LogP contribution in [0, 0.1) is 0 Å². The van der Waals surface area contributed by atoms with Gasteiger partial charge in [0, 0.05) is 10.6 Å². The smallest absolute Gasteiger partial charge is 0.276 e. The largest absolute Gasteiger partial charge is 0.507 e. The molecule has 2 aromatic rings. The standard InChI is InChI=1S/C15H15ClN2O3S/c1-2-14(13-5-3-4-6-15(13)19)17-18-22(20,21)12-9-7-11(16)8-10-12/h3-10,18-19H,2H2,1H3/b17-14+. The zero-order valence-corrected chi connectivity index (χ0v) is 13.4. The molecule has 0 aliphatic heterocycles. The van der Waals surface area contributed by atoms with Gasteiger partial charge in [-0.2, -0.15) is 18.4 Å². The van der Waals surface area contributed by atoms with E-state index in [2.05, 4.69) is 9.93 Å². The van der Waals surface area contributed by atoms with Crippen LogP contribution in [0.5, 0.6) is 5.75 Å². The molecule has 5 nitrogen and oxygen atoms in total. The van der Waals surface area contributed by atoms with E-state index in [1.165, 1.54) is 30.3 Å². The first-order valence-electron chi connectivity index (χ1n) is 6.56. The molecule has 2 aromatic carbocycles. The van der Waals surface area contributed by atoms with Crippen LogP contribution in [0.4, 0.5) is 0 Å². The van der Waals surface area contributed by atoms with Gasteiger partial charge in [0.15, 0.2) is 0 Å². The molecule has 0 heterocycles. The van der Waals surface area contributed by atoms with E-state index >= 15 is 0 Å². The van der Waals surface area contributed by atoms with Gasteiger partial charge in [-0.3, -0.25) is 0 Å². The minimum absolute atomic E-state index is 0.0498. The summed E-state index contributed by atoms with van der Waals surface area (Å²) in [6.45, 7) is 1.82. The number of phenolic OH excluding ortho intramolecular Hbond substituents is 1. The Kier molecular flexibility index (Phi) is 5.05. The Morgan fingerprint density at radius 2 is 1.82 bits per heavy atom. The van der Waals surface area contributed by atoms with E-state index < -0.39 is 10.0 Å². The Morgan fingerprint density at radius 3 is 2.41 bits per heavy atom. The Morgan fingerprint density at radius 1 is 1.18 bits per heavy atom. The minimum Gasteiger partial charge on any atom is -0.507 e. The summed E-state index contributed by atoms with van der Waals surface area (Å²) in [5.41, 5.74) is 0.930. The summed E-state index contributed by atoms with van der Waals surface area (Å²) in [5.74, 6) is 0.0498. The molecular formula is C15H15ClN2O3S. The lowest BCUT2D eigenvalue weighted by Crippen LogP contribution is -2.20. The maximum Gasteiger partial charge on any atom is 0.276 e. The maximum absolute atomic E-state index is 12.2. The summed E-state index contributed by atoms with van der Waals surface area (Å²) in [6, 6.07) is 12.4. The van der Waals surface area contributed by atoms with Crippen LogP contribution in [0.2, 0.25) is 5.02 Å². The number of aromatic hydroxyl groups is 1. The van der Waals surface area contributed by atoms with Crippen molar-refractivity contribution in [2.45, 2.75) is 18.2 Å². The number of phenols is 1. The number of hydrogen-bond donors (Lipinski definition) is 2. The van der Waals surface area contributed by atoms with Crippen molar-refractivity contribution in [2.24, 2.45) is 5.10 Å². The van der Waals surface area contributed by atoms with Crippen molar-refractivity contribution in [3.63, 3.8) is 0 Å². The summed E-state index contributed by atoms with van der Waals surface area (Å²) < 4.78 is 24.3. The molecule has 2 rings (SSSR count). The SMILES string of the molecule is CC/C(=N\NS(=O)(=O)c1ccc(Cl)cc1)c1ccccc1O. The molecule has 0 saturated heterocycles. The summed E-state index contributed by atoms with van der Waals surface area (Å²) in [4.78, 5) is 2.24. The molecule has 22 heavy (non-hydrogen) atoms. The van der Waals surface area contributed by atoms with Crippen LogP contribution in [0.25, 0.3) is 0 Å². The molecule has 0 fully saturated rings. The zero-order chi connectivity index (χ0) is 16.2. The summed E-state index contributed by atoms with van der Waals surface area (Å²) in [7, 11) is -3.78. The van der Waals surface area contributed by atoms with E-state index in [1.54, 1.807) is 18.2 Å². The fourth-order valence-electron chi connectivity index (χ4n) is 1.83. The van der Waals surface area contributed by atoms with Gasteiger partial charge in [0.25, 0.3) is 10.0 Å². The first-order chi connectivity index (χ1) is 10.4. The van der Waals surface area contributed by atoms with Crippen LogP contribution in [-0.4, -0.2) is 19.2 Å². The van der Waals surface area contributed by atoms with Gasteiger partial charge in [0.2, 0.25) is 0 Å². The van der Waals surface area contributed by atoms with Crippen molar-refractivity contribution in [1.82, 2.24) is 4.83 Å². The molecule has 0 aliphatic carbocycles. The van der Waals surface area contributed by atoms with Gasteiger partial charge in [-0.25, -0.2) is 0 Å². The average molecular weight is 339 g/mol. The van der Waals surface area contributed by atoms with Crippen molar-refractivity contribution in [1.29, 1.82) is 0 Å². The maximum atomic E-state index is 12.2. The number of nitrogens with zero attached hydrogens (tertiary/aromatic N) is 1. The van der Waals surface area contributed by atoms with Crippen LogP contribution in [0.15, 0.2) is 58.5 Å². The van der Waals surface area contributed by atoms with Crippen molar-refractivity contribution in [3.05, 3.63) is 59.1 Å². The number of benzene rings is 2. The van der Waals surface area contributed by atoms with Gasteiger partial charge in [0.1, 0.15) is 5.75 Å². The molecule has 0 atom stereocenters. The summed E-state index contributed by atoms with van der Waals surface area (Å²) >= 11 is 5.74. The molecule has 116 valence electrons. The Balaban J connectivity index is 2.28. The molecule has 7 heteroatoms. The topological polar surface area (TPSA) is 78.8 Å². The fraction of sp³-hybridized carbons (Fsp3) is 0.133. The van der Waals surface area contributed by atoms with Gasteiger partial charge in [-0.15, -0.1) is 0 Å². The van der Waals surface area contributed by atoms with Crippen LogP contribution in [-0.2, 0) is 10.0 Å². The lowest BCUT2D eigenvalue weighted by atomic mass is 10.1. The third-order valence-electron chi connectivity index (χ3n) is 2.97. The highest BCUT2D eigenvalue weighted by Crippen LogP contribution is 2.18. The molecule has 0 saturated carbocycles. The summed E-state index contributed by atoms with van der Waals surface area (Å²) in [5, 5.41) is 14.2. The van der Waals surface area contributed by atoms with Gasteiger partial charge < -0.3 is 5.11 Å². The molecule has 0 aliphatic rings. The van der Waals surface area contributed by atoms with Crippen LogP contribution in [0.1, 0.15) is 18.9 Å². The highest BCUT2D eigenvalue weighted by Gasteiger charge is 2.14. The Labute approximate surface area is 134 Å². The molecule has 0 unspecified atom stereocenters. The highest BCUT2D eigenvalue weighted by molar-refractivity contribution is 7.89. The molecule has 0 radical (unpaired) electrons. The molecular weight excluding hydrogens is 324 g/mol. The van der Waals surface area contributed by atoms with Crippen LogP contribution >= 0.6 is 11.6 Å². The molecule has 0 aromatic heterocycles. The van der Waals surface area contributed by atoms with E-state index in [9.17, 15) is 13.5 Å². The van der Waals surface area contributed by atoms with Crippen LogP contribution in [0.3, 0.4) is 0 Å². The Hall–Kier alpha value is -2.05. The Bertz CT molecular complexity index is 787. The van der Waals surface area contributed by atoms with Crippen molar-refractivity contribution >= 4 is 27.3 Å². The predicted octanol–water partition coefficient (Wildman–Crippen LogP) is 3.14. The highest BCUT2D eigenvalue weighted by atomic mass is 35.5. The van der Waals surface area contributed by atoms with E-state index in [0.29, 0.717) is 22.7 Å². The van der Waals surface area contributed by atoms with Gasteiger partial charge >= 0.3 is 0 Å². The van der Waals surface area contributed by atoms with Crippen molar-refractivity contribution < 1.29 is 13.5 Å². The number of halogens is 1. The number of nitrogens with one attached hydrogen (secondary N) is 1. The minimum atomic E-state index is -3.78.